The van der Waals surface area contributed by atoms with E-state index >= 15 is 0 Å². The topological polar surface area (TPSA) is 100 Å². The van der Waals surface area contributed by atoms with E-state index in [1.165, 1.54) is 6.39 Å². The number of nitrogens with one attached hydrogen (secondary N) is 2. The number of hydrogen-bond acceptors (Lipinski definition) is 6. The van der Waals surface area contributed by atoms with Crippen molar-refractivity contribution in [1.29, 1.82) is 0 Å². The minimum Gasteiger partial charge on any atom is -0.423 e. The van der Waals surface area contributed by atoms with Gasteiger partial charge in [0, 0.05) is 35.5 Å². The normalized spacial score (nSPS) is 10.4. The predicted molar refractivity (Wildman–Crippen MR) is 105 cm³/mol. The lowest BCUT2D eigenvalue weighted by atomic mass is 10.1. The minimum absolute atomic E-state index is 0.369. The first-order chi connectivity index (χ1) is 13.6. The molecule has 0 aliphatic carbocycles. The second-order valence-electron chi connectivity index (χ2n) is 5.95. The predicted octanol–water partition coefficient (Wildman–Crippen LogP) is 2.66. The third-order valence-corrected chi connectivity index (χ3v) is 4.30. The number of benzene rings is 2. The standard InChI is InChI=1S/C20H21N5O3/c1-3-25(4-2)17-11-9-15(10-12-17)19(27)23-22-18(26)14-5-7-16(8-6-14)20-24-21-13-28-20/h5-13H,3-4H2,1-2H3,(H,22,26)(H,23,27). The maximum absolute atomic E-state index is 12.2. The van der Waals surface area contributed by atoms with Gasteiger partial charge in [-0.05, 0) is 62.4 Å². The quantitative estimate of drug-likeness (QED) is 0.639. The highest BCUT2D eigenvalue weighted by Crippen LogP contribution is 2.17. The van der Waals surface area contributed by atoms with Crippen molar-refractivity contribution in [2.75, 3.05) is 18.0 Å². The van der Waals surface area contributed by atoms with Crippen molar-refractivity contribution in [2.45, 2.75) is 13.8 Å². The lowest BCUT2D eigenvalue weighted by molar-refractivity contribution is 0.0846. The van der Waals surface area contributed by atoms with Crippen LogP contribution in [-0.4, -0.2) is 35.1 Å². The number of aromatic nitrogens is 2. The summed E-state index contributed by atoms with van der Waals surface area (Å²) >= 11 is 0. The molecule has 0 aliphatic rings. The Bertz CT molecular complexity index is 917. The van der Waals surface area contributed by atoms with Crippen molar-refractivity contribution in [3.8, 4) is 11.5 Å². The van der Waals surface area contributed by atoms with Crippen LogP contribution in [-0.2, 0) is 0 Å². The average molecular weight is 379 g/mol. The molecule has 3 aromatic rings. The van der Waals surface area contributed by atoms with Crippen molar-refractivity contribution < 1.29 is 14.0 Å². The fourth-order valence-corrected chi connectivity index (χ4v) is 2.73. The summed E-state index contributed by atoms with van der Waals surface area (Å²) in [5, 5.41) is 7.42. The van der Waals surface area contributed by atoms with Crippen molar-refractivity contribution >= 4 is 17.5 Å². The SMILES string of the molecule is CCN(CC)c1ccc(C(=O)NNC(=O)c2ccc(-c3nnco3)cc2)cc1. The molecule has 0 radical (unpaired) electrons. The van der Waals surface area contributed by atoms with Crippen molar-refractivity contribution in [3.63, 3.8) is 0 Å². The van der Waals surface area contributed by atoms with Gasteiger partial charge in [0.1, 0.15) is 0 Å². The van der Waals surface area contributed by atoms with E-state index in [0.717, 1.165) is 18.8 Å². The highest BCUT2D eigenvalue weighted by molar-refractivity contribution is 5.99. The van der Waals surface area contributed by atoms with Crippen LogP contribution < -0.4 is 15.8 Å². The molecule has 2 aromatic carbocycles. The molecule has 0 atom stereocenters. The highest BCUT2D eigenvalue weighted by atomic mass is 16.4. The van der Waals surface area contributed by atoms with Gasteiger partial charge < -0.3 is 9.32 Å². The van der Waals surface area contributed by atoms with Crippen LogP contribution in [0.25, 0.3) is 11.5 Å². The van der Waals surface area contributed by atoms with E-state index in [0.29, 0.717) is 22.6 Å². The Hall–Kier alpha value is -3.68. The number of nitrogens with zero attached hydrogens (tertiary/aromatic N) is 3. The number of amides is 2. The maximum Gasteiger partial charge on any atom is 0.269 e. The zero-order valence-corrected chi connectivity index (χ0v) is 15.7. The fraction of sp³-hybridized carbons (Fsp3) is 0.200. The molecule has 28 heavy (non-hydrogen) atoms. The molecule has 1 heterocycles. The van der Waals surface area contributed by atoms with Gasteiger partial charge in [0.2, 0.25) is 12.3 Å². The van der Waals surface area contributed by atoms with E-state index in [4.69, 9.17) is 4.42 Å². The molecule has 8 heteroatoms. The number of hydrogen-bond donors (Lipinski definition) is 2. The largest absolute Gasteiger partial charge is 0.423 e. The van der Waals surface area contributed by atoms with Gasteiger partial charge in [-0.15, -0.1) is 10.2 Å². The van der Waals surface area contributed by atoms with E-state index in [1.54, 1.807) is 36.4 Å². The molecule has 0 saturated heterocycles. The molecular weight excluding hydrogens is 358 g/mol. The Labute approximate surface area is 162 Å². The smallest absolute Gasteiger partial charge is 0.269 e. The van der Waals surface area contributed by atoms with E-state index in [-0.39, 0.29) is 5.91 Å². The van der Waals surface area contributed by atoms with Gasteiger partial charge >= 0.3 is 0 Å². The Kier molecular flexibility index (Phi) is 6.01. The zero-order chi connectivity index (χ0) is 19.9. The number of hydrazine groups is 1. The summed E-state index contributed by atoms with van der Waals surface area (Å²) in [5.41, 5.74) is 7.43. The van der Waals surface area contributed by atoms with Crippen LogP contribution >= 0.6 is 0 Å². The molecule has 0 unspecified atom stereocenters. The van der Waals surface area contributed by atoms with Crippen LogP contribution in [0, 0.1) is 0 Å². The number of rotatable bonds is 6. The molecule has 2 N–H and O–H groups in total. The number of anilines is 1. The number of carbonyl (C=O) groups is 2. The van der Waals surface area contributed by atoms with Crippen LogP contribution in [0.1, 0.15) is 34.6 Å². The summed E-state index contributed by atoms with van der Waals surface area (Å²) < 4.78 is 5.10. The second kappa shape index (κ2) is 8.81. The fourth-order valence-electron chi connectivity index (χ4n) is 2.73. The summed E-state index contributed by atoms with van der Waals surface area (Å²) in [7, 11) is 0. The lowest BCUT2D eigenvalue weighted by Gasteiger charge is -2.21. The minimum atomic E-state index is -0.426. The van der Waals surface area contributed by atoms with Gasteiger partial charge in [-0.2, -0.15) is 0 Å². The van der Waals surface area contributed by atoms with Gasteiger partial charge in [0.25, 0.3) is 11.8 Å². The Balaban J connectivity index is 1.57. The summed E-state index contributed by atoms with van der Waals surface area (Å²) in [6.07, 6.45) is 1.24. The summed E-state index contributed by atoms with van der Waals surface area (Å²) in [6.45, 7) is 5.94. The van der Waals surface area contributed by atoms with Crippen LogP contribution in [0.4, 0.5) is 5.69 Å². The molecular formula is C20H21N5O3. The molecule has 0 bridgehead atoms. The van der Waals surface area contributed by atoms with Crippen LogP contribution in [0.3, 0.4) is 0 Å². The first kappa shape index (κ1) is 19.1. The molecule has 144 valence electrons. The van der Waals surface area contributed by atoms with Crippen LogP contribution in [0.15, 0.2) is 59.3 Å². The number of carbonyl (C=O) groups excluding carboxylic acids is 2. The first-order valence-corrected chi connectivity index (χ1v) is 8.94. The Morgan fingerprint density at radius 2 is 1.43 bits per heavy atom. The molecule has 2 amide bonds. The molecule has 1 aromatic heterocycles. The Morgan fingerprint density at radius 3 is 1.89 bits per heavy atom. The van der Waals surface area contributed by atoms with Gasteiger partial charge in [0.05, 0.1) is 0 Å². The maximum atomic E-state index is 12.2. The van der Waals surface area contributed by atoms with E-state index in [9.17, 15) is 9.59 Å². The molecule has 0 fully saturated rings. The third kappa shape index (κ3) is 4.35. The molecule has 0 spiro atoms. The van der Waals surface area contributed by atoms with Gasteiger partial charge in [-0.25, -0.2) is 0 Å². The summed E-state index contributed by atoms with van der Waals surface area (Å²) in [5.74, 6) is -0.444. The summed E-state index contributed by atoms with van der Waals surface area (Å²) in [4.78, 5) is 26.6. The van der Waals surface area contributed by atoms with Crippen LogP contribution in [0.5, 0.6) is 0 Å². The highest BCUT2D eigenvalue weighted by Gasteiger charge is 2.11. The second-order valence-corrected chi connectivity index (χ2v) is 5.95. The first-order valence-electron chi connectivity index (χ1n) is 8.94. The monoisotopic (exact) mass is 379 g/mol. The molecule has 0 aliphatic heterocycles. The van der Waals surface area contributed by atoms with E-state index in [2.05, 4.69) is 39.8 Å². The van der Waals surface area contributed by atoms with E-state index < -0.39 is 5.91 Å². The summed E-state index contributed by atoms with van der Waals surface area (Å²) in [6, 6.07) is 13.8. The Morgan fingerprint density at radius 1 is 0.893 bits per heavy atom. The molecule has 0 saturated carbocycles. The van der Waals surface area contributed by atoms with Crippen molar-refractivity contribution in [2.24, 2.45) is 0 Å². The van der Waals surface area contributed by atoms with Crippen molar-refractivity contribution in [3.05, 3.63) is 66.1 Å². The van der Waals surface area contributed by atoms with E-state index in [1.807, 2.05) is 12.1 Å². The van der Waals surface area contributed by atoms with Gasteiger partial charge in [-0.1, -0.05) is 0 Å². The average Bonchev–Trinajstić information content (AvgIpc) is 3.28. The van der Waals surface area contributed by atoms with Gasteiger partial charge in [0.15, 0.2) is 0 Å². The van der Waals surface area contributed by atoms with Crippen LogP contribution in [0.2, 0.25) is 0 Å². The third-order valence-electron chi connectivity index (χ3n) is 4.30. The zero-order valence-electron chi connectivity index (χ0n) is 15.7. The lowest BCUT2D eigenvalue weighted by Crippen LogP contribution is -2.41. The van der Waals surface area contributed by atoms with Gasteiger partial charge in [-0.3, -0.25) is 20.4 Å². The molecule has 3 rings (SSSR count). The molecule has 8 nitrogen and oxygen atoms in total. The van der Waals surface area contributed by atoms with Crippen molar-refractivity contribution in [1.82, 2.24) is 21.0 Å².